The topological polar surface area (TPSA) is 97.0 Å². The lowest BCUT2D eigenvalue weighted by Crippen LogP contribution is -2.40. The van der Waals surface area contributed by atoms with Crippen molar-refractivity contribution in [3.05, 3.63) is 52.5 Å². The Kier molecular flexibility index (Phi) is 7.19. The molecule has 0 aliphatic carbocycles. The van der Waals surface area contributed by atoms with E-state index in [0.29, 0.717) is 19.0 Å². The minimum absolute atomic E-state index is 0.0516. The minimum Gasteiger partial charge on any atom is -0.473 e. The van der Waals surface area contributed by atoms with Crippen LogP contribution < -0.4 is 15.4 Å². The predicted molar refractivity (Wildman–Crippen MR) is 115 cm³/mol. The van der Waals surface area contributed by atoms with Gasteiger partial charge in [-0.3, -0.25) is 0 Å². The van der Waals surface area contributed by atoms with Crippen LogP contribution in [0.3, 0.4) is 0 Å². The molecule has 2 N–H and O–H groups in total. The lowest BCUT2D eigenvalue weighted by molar-refractivity contribution is 0.0730. The van der Waals surface area contributed by atoms with Crippen molar-refractivity contribution in [3.63, 3.8) is 0 Å². The van der Waals surface area contributed by atoms with Gasteiger partial charge in [0.1, 0.15) is 5.75 Å². The van der Waals surface area contributed by atoms with Crippen LogP contribution in [0.4, 0.5) is 10.5 Å². The lowest BCUT2D eigenvalue weighted by Gasteiger charge is -2.26. The molecule has 0 unspecified atom stereocenters. The Bertz CT molecular complexity index is 1020. The number of sulfonamides is 1. The minimum atomic E-state index is -3.70. The third-order valence-electron chi connectivity index (χ3n) is 4.81. The molecule has 3 rings (SSSR count). The number of morpholine rings is 1. The summed E-state index contributed by atoms with van der Waals surface area (Å²) in [6.07, 6.45) is 0. The molecule has 2 aromatic carbocycles. The number of nitrogens with one attached hydrogen (secondary N) is 2. The summed E-state index contributed by atoms with van der Waals surface area (Å²) in [5.41, 5.74) is 2.26. The van der Waals surface area contributed by atoms with Crippen LogP contribution in [0, 0.1) is 13.8 Å². The largest absolute Gasteiger partial charge is 0.473 e. The van der Waals surface area contributed by atoms with Crippen molar-refractivity contribution in [2.75, 3.05) is 38.4 Å². The number of benzene rings is 2. The maximum absolute atomic E-state index is 12.8. The molecule has 1 fully saturated rings. The monoisotopic (exact) mass is 453 g/mol. The highest BCUT2D eigenvalue weighted by Crippen LogP contribution is 2.27. The van der Waals surface area contributed by atoms with Gasteiger partial charge in [0.2, 0.25) is 10.0 Å². The zero-order chi connectivity index (χ0) is 21.7. The number of halogens is 1. The van der Waals surface area contributed by atoms with Gasteiger partial charge in [-0.15, -0.1) is 0 Å². The van der Waals surface area contributed by atoms with Gasteiger partial charge in [0.25, 0.3) is 0 Å². The molecule has 0 radical (unpaired) electrons. The summed E-state index contributed by atoms with van der Waals surface area (Å²) in [5.74, 6) is 0.673. The van der Waals surface area contributed by atoms with Gasteiger partial charge in [-0.1, -0.05) is 23.7 Å². The summed E-state index contributed by atoms with van der Waals surface area (Å²) in [6.45, 7) is 5.11. The highest BCUT2D eigenvalue weighted by Gasteiger charge is 2.27. The van der Waals surface area contributed by atoms with E-state index in [-0.39, 0.29) is 35.4 Å². The number of hydrogen-bond donors (Lipinski definition) is 2. The molecule has 0 atom stereocenters. The summed E-state index contributed by atoms with van der Waals surface area (Å²) in [4.78, 5) is 12.3. The Hall–Kier alpha value is -2.33. The Labute approximate surface area is 181 Å². The second kappa shape index (κ2) is 9.65. The molecule has 162 valence electrons. The number of anilines is 1. The predicted octanol–water partition coefficient (Wildman–Crippen LogP) is 3.14. The van der Waals surface area contributed by atoms with Crippen molar-refractivity contribution in [2.45, 2.75) is 18.7 Å². The Morgan fingerprint density at radius 2 is 1.93 bits per heavy atom. The number of carbonyl (C=O) groups is 1. The highest BCUT2D eigenvalue weighted by atomic mass is 35.5. The van der Waals surface area contributed by atoms with E-state index in [9.17, 15) is 13.2 Å². The van der Waals surface area contributed by atoms with Crippen molar-refractivity contribution in [2.24, 2.45) is 0 Å². The lowest BCUT2D eigenvalue weighted by atomic mass is 10.1. The summed E-state index contributed by atoms with van der Waals surface area (Å²) in [7, 11) is -3.70. The summed E-state index contributed by atoms with van der Waals surface area (Å²) < 4.78 is 37.8. The van der Waals surface area contributed by atoms with Crippen LogP contribution in [0.15, 0.2) is 41.3 Å². The molecule has 8 nitrogen and oxygen atoms in total. The van der Waals surface area contributed by atoms with Crippen LogP contribution in [-0.4, -0.2) is 51.8 Å². The molecule has 1 heterocycles. The van der Waals surface area contributed by atoms with Crippen molar-refractivity contribution in [3.8, 4) is 5.75 Å². The summed E-state index contributed by atoms with van der Waals surface area (Å²) >= 11 is 6.14. The zero-order valence-corrected chi connectivity index (χ0v) is 18.3. The normalized spacial score (nSPS) is 14.9. The number of ether oxygens (including phenoxy) is 2. The van der Waals surface area contributed by atoms with E-state index in [4.69, 9.17) is 21.1 Å². The third kappa shape index (κ3) is 5.23. The number of aryl methyl sites for hydroxylation is 1. The fourth-order valence-electron chi connectivity index (χ4n) is 2.92. The van der Waals surface area contributed by atoms with E-state index in [1.165, 1.54) is 22.5 Å². The molecular formula is C20H24ClN3O5S. The molecular weight excluding hydrogens is 430 g/mol. The maximum atomic E-state index is 12.8. The standard InChI is InChI=1S/C20H24ClN3O5S/c1-14-4-3-5-19(15(14)2)29-13-22-20(25)23-18-12-16(6-7-17(18)21)30(26,27)24-8-10-28-11-9-24/h3-7,12H,8-11,13H2,1-2H3,(H2,22,23,25). The van der Waals surface area contributed by atoms with Crippen LogP contribution in [0.1, 0.15) is 11.1 Å². The van der Waals surface area contributed by atoms with Gasteiger partial charge < -0.3 is 20.1 Å². The maximum Gasteiger partial charge on any atom is 0.321 e. The first-order valence-electron chi connectivity index (χ1n) is 9.40. The smallest absolute Gasteiger partial charge is 0.321 e. The van der Waals surface area contributed by atoms with E-state index in [0.717, 1.165) is 11.1 Å². The van der Waals surface area contributed by atoms with Gasteiger partial charge in [0, 0.05) is 13.1 Å². The molecule has 1 saturated heterocycles. The molecule has 2 aromatic rings. The fraction of sp³-hybridized carbons (Fsp3) is 0.350. The number of urea groups is 1. The van der Waals surface area contributed by atoms with E-state index in [2.05, 4.69) is 10.6 Å². The SMILES string of the molecule is Cc1cccc(OCNC(=O)Nc2cc(S(=O)(=O)N3CCOCC3)ccc2Cl)c1C. The summed E-state index contributed by atoms with van der Waals surface area (Å²) in [5, 5.41) is 5.36. The van der Waals surface area contributed by atoms with E-state index >= 15 is 0 Å². The number of nitrogens with zero attached hydrogens (tertiary/aromatic N) is 1. The Balaban J connectivity index is 1.63. The van der Waals surface area contributed by atoms with Crippen LogP contribution in [-0.2, 0) is 14.8 Å². The molecule has 0 bridgehead atoms. The first-order chi connectivity index (χ1) is 14.3. The molecule has 1 aliphatic heterocycles. The van der Waals surface area contributed by atoms with Gasteiger partial charge in [-0.25, -0.2) is 13.2 Å². The number of hydrogen-bond acceptors (Lipinski definition) is 5. The van der Waals surface area contributed by atoms with Gasteiger partial charge >= 0.3 is 6.03 Å². The van der Waals surface area contributed by atoms with E-state index in [1.54, 1.807) is 0 Å². The Morgan fingerprint density at radius 3 is 2.67 bits per heavy atom. The molecule has 30 heavy (non-hydrogen) atoms. The summed E-state index contributed by atoms with van der Waals surface area (Å²) in [6, 6.07) is 9.30. The third-order valence-corrected chi connectivity index (χ3v) is 7.03. The van der Waals surface area contributed by atoms with Gasteiger partial charge in [0.05, 0.1) is 28.8 Å². The van der Waals surface area contributed by atoms with Crippen LogP contribution >= 0.6 is 11.6 Å². The zero-order valence-electron chi connectivity index (χ0n) is 16.8. The quantitative estimate of drug-likeness (QED) is 0.655. The molecule has 2 amide bonds. The van der Waals surface area contributed by atoms with E-state index in [1.807, 2.05) is 32.0 Å². The number of rotatable bonds is 6. The molecule has 1 aliphatic rings. The molecule has 10 heteroatoms. The average Bonchev–Trinajstić information content (AvgIpc) is 2.73. The van der Waals surface area contributed by atoms with Crippen LogP contribution in [0.2, 0.25) is 5.02 Å². The van der Waals surface area contributed by atoms with E-state index < -0.39 is 16.1 Å². The first kappa shape index (κ1) is 22.4. The fourth-order valence-corrected chi connectivity index (χ4v) is 4.52. The second-order valence-electron chi connectivity index (χ2n) is 6.78. The van der Waals surface area contributed by atoms with Gasteiger partial charge in [-0.2, -0.15) is 4.31 Å². The first-order valence-corrected chi connectivity index (χ1v) is 11.2. The van der Waals surface area contributed by atoms with Crippen molar-refractivity contribution >= 4 is 33.3 Å². The number of carbonyl (C=O) groups excluding carboxylic acids is 1. The van der Waals surface area contributed by atoms with Crippen molar-refractivity contribution < 1.29 is 22.7 Å². The number of amides is 2. The van der Waals surface area contributed by atoms with Gasteiger partial charge in [0.15, 0.2) is 6.73 Å². The van der Waals surface area contributed by atoms with Crippen molar-refractivity contribution in [1.82, 2.24) is 9.62 Å². The van der Waals surface area contributed by atoms with Crippen LogP contribution in [0.5, 0.6) is 5.75 Å². The van der Waals surface area contributed by atoms with Crippen LogP contribution in [0.25, 0.3) is 0 Å². The molecule has 0 saturated carbocycles. The Morgan fingerprint density at radius 1 is 1.20 bits per heavy atom. The second-order valence-corrected chi connectivity index (χ2v) is 9.12. The average molecular weight is 454 g/mol. The van der Waals surface area contributed by atoms with Gasteiger partial charge in [-0.05, 0) is 49.2 Å². The van der Waals surface area contributed by atoms with Crippen molar-refractivity contribution in [1.29, 1.82) is 0 Å². The highest BCUT2D eigenvalue weighted by molar-refractivity contribution is 7.89. The molecule has 0 spiro atoms. The molecule has 0 aromatic heterocycles.